The fraction of sp³-hybridized carbons (Fsp3) is 0.600. The molecule has 2 rings (SSSR count). The Morgan fingerprint density at radius 2 is 2.06 bits per heavy atom. The number of nitrogens with two attached hydrogens (primary N) is 1. The third-order valence-corrected chi connectivity index (χ3v) is 3.87. The second-order valence-corrected chi connectivity index (χ2v) is 5.42. The Hall–Kier alpha value is -1.02. The molecule has 2 heteroatoms. The molecule has 3 atom stereocenters. The highest BCUT2D eigenvalue weighted by Crippen LogP contribution is 2.33. The van der Waals surface area contributed by atoms with E-state index in [-0.39, 0.29) is 6.04 Å². The molecule has 0 spiro atoms. The number of hydrogen-bond acceptors (Lipinski definition) is 2. The molecule has 0 aliphatic carbocycles. The first-order chi connectivity index (χ1) is 8.13. The van der Waals surface area contributed by atoms with Crippen LogP contribution in [0.2, 0.25) is 0 Å². The molecule has 1 aromatic carbocycles. The van der Waals surface area contributed by atoms with Gasteiger partial charge in [0.15, 0.2) is 0 Å². The van der Waals surface area contributed by atoms with E-state index in [4.69, 9.17) is 5.73 Å². The largest absolute Gasteiger partial charge is 0.368 e. The second kappa shape index (κ2) is 5.09. The lowest BCUT2D eigenvalue weighted by molar-refractivity contribution is 0.625. The van der Waals surface area contributed by atoms with Crippen molar-refractivity contribution in [3.63, 3.8) is 0 Å². The highest BCUT2D eigenvalue weighted by atomic mass is 15.2. The summed E-state index contributed by atoms with van der Waals surface area (Å²) in [6, 6.07) is 9.41. The van der Waals surface area contributed by atoms with Gasteiger partial charge in [-0.3, -0.25) is 0 Å². The summed E-state index contributed by atoms with van der Waals surface area (Å²) in [5.74, 6) is 0.788. The van der Waals surface area contributed by atoms with Crippen LogP contribution < -0.4 is 10.6 Å². The minimum absolute atomic E-state index is 0.161. The molecular weight excluding hydrogens is 208 g/mol. The summed E-state index contributed by atoms with van der Waals surface area (Å²) in [5, 5.41) is 0. The SMILES string of the molecule is CC[C@H](N)c1ccccc1N1CC(C)CC1C. The van der Waals surface area contributed by atoms with Crippen molar-refractivity contribution in [1.29, 1.82) is 0 Å². The predicted octanol–water partition coefficient (Wildman–Crippen LogP) is 3.33. The average Bonchev–Trinajstić information content (AvgIpc) is 2.67. The minimum atomic E-state index is 0.161. The fourth-order valence-corrected chi connectivity index (χ4v) is 2.92. The van der Waals surface area contributed by atoms with Crippen molar-refractivity contribution >= 4 is 5.69 Å². The molecule has 1 saturated heterocycles. The molecule has 94 valence electrons. The molecule has 2 nitrogen and oxygen atoms in total. The lowest BCUT2D eigenvalue weighted by Crippen LogP contribution is -2.28. The Balaban J connectivity index is 2.31. The Labute approximate surface area is 105 Å². The minimum Gasteiger partial charge on any atom is -0.368 e. The van der Waals surface area contributed by atoms with Gasteiger partial charge in [0.2, 0.25) is 0 Å². The normalized spacial score (nSPS) is 26.2. The zero-order valence-corrected chi connectivity index (χ0v) is 11.2. The number of para-hydroxylation sites is 1. The van der Waals surface area contributed by atoms with Crippen LogP contribution in [0.4, 0.5) is 5.69 Å². The lowest BCUT2D eigenvalue weighted by atomic mass is 10.0. The summed E-state index contributed by atoms with van der Waals surface area (Å²) in [4.78, 5) is 2.52. The van der Waals surface area contributed by atoms with Gasteiger partial charge in [0.25, 0.3) is 0 Å². The standard InChI is InChI=1S/C15H24N2/c1-4-14(16)13-7-5-6-8-15(13)17-10-11(2)9-12(17)3/h5-8,11-12,14H,4,9-10,16H2,1-3H3/t11?,12?,14-/m0/s1. The molecule has 1 fully saturated rings. The van der Waals surface area contributed by atoms with Crippen molar-refractivity contribution in [2.75, 3.05) is 11.4 Å². The van der Waals surface area contributed by atoms with E-state index in [0.29, 0.717) is 6.04 Å². The summed E-state index contributed by atoms with van der Waals surface area (Å²) in [6.45, 7) is 7.96. The van der Waals surface area contributed by atoms with Gasteiger partial charge in [0, 0.05) is 24.3 Å². The third-order valence-electron chi connectivity index (χ3n) is 3.87. The number of hydrogen-bond donors (Lipinski definition) is 1. The maximum absolute atomic E-state index is 6.22. The molecule has 1 heterocycles. The smallest absolute Gasteiger partial charge is 0.0417 e. The van der Waals surface area contributed by atoms with E-state index in [1.54, 1.807) is 0 Å². The van der Waals surface area contributed by atoms with E-state index in [9.17, 15) is 0 Å². The highest BCUT2D eigenvalue weighted by molar-refractivity contribution is 5.56. The van der Waals surface area contributed by atoms with Gasteiger partial charge in [-0.1, -0.05) is 32.0 Å². The first-order valence-corrected chi connectivity index (χ1v) is 6.74. The Kier molecular flexibility index (Phi) is 3.72. The van der Waals surface area contributed by atoms with E-state index in [1.165, 1.54) is 17.7 Å². The molecule has 2 N–H and O–H groups in total. The summed E-state index contributed by atoms with van der Waals surface area (Å²) in [5.41, 5.74) is 8.86. The number of rotatable bonds is 3. The first kappa shape index (κ1) is 12.4. The molecule has 1 aliphatic rings. The number of anilines is 1. The maximum Gasteiger partial charge on any atom is 0.0417 e. The van der Waals surface area contributed by atoms with Crippen molar-refractivity contribution < 1.29 is 0 Å². The van der Waals surface area contributed by atoms with Crippen LogP contribution in [0.3, 0.4) is 0 Å². The summed E-state index contributed by atoms with van der Waals surface area (Å²) < 4.78 is 0. The second-order valence-electron chi connectivity index (χ2n) is 5.42. The quantitative estimate of drug-likeness (QED) is 0.866. The van der Waals surface area contributed by atoms with Crippen molar-refractivity contribution in [3.8, 4) is 0 Å². The zero-order valence-electron chi connectivity index (χ0n) is 11.2. The van der Waals surface area contributed by atoms with Gasteiger partial charge < -0.3 is 10.6 Å². The molecular formula is C15H24N2. The van der Waals surface area contributed by atoms with Gasteiger partial charge in [-0.05, 0) is 37.3 Å². The molecule has 0 saturated carbocycles. The van der Waals surface area contributed by atoms with Crippen LogP contribution in [0.5, 0.6) is 0 Å². The van der Waals surface area contributed by atoms with E-state index < -0.39 is 0 Å². The van der Waals surface area contributed by atoms with Crippen LogP contribution >= 0.6 is 0 Å². The van der Waals surface area contributed by atoms with Crippen molar-refractivity contribution in [3.05, 3.63) is 29.8 Å². The van der Waals surface area contributed by atoms with Crippen LogP contribution in [0.25, 0.3) is 0 Å². The molecule has 0 amide bonds. The Morgan fingerprint density at radius 3 is 2.65 bits per heavy atom. The molecule has 2 unspecified atom stereocenters. The van der Waals surface area contributed by atoms with Crippen LogP contribution in [-0.4, -0.2) is 12.6 Å². The topological polar surface area (TPSA) is 29.3 Å². The van der Waals surface area contributed by atoms with E-state index in [2.05, 4.69) is 49.9 Å². The summed E-state index contributed by atoms with van der Waals surface area (Å²) in [7, 11) is 0. The average molecular weight is 232 g/mol. The zero-order chi connectivity index (χ0) is 12.4. The van der Waals surface area contributed by atoms with Gasteiger partial charge in [-0.15, -0.1) is 0 Å². The Morgan fingerprint density at radius 1 is 1.35 bits per heavy atom. The van der Waals surface area contributed by atoms with Gasteiger partial charge in [-0.2, -0.15) is 0 Å². The molecule has 0 bridgehead atoms. The summed E-state index contributed by atoms with van der Waals surface area (Å²) >= 11 is 0. The third kappa shape index (κ3) is 2.47. The number of nitrogens with zero attached hydrogens (tertiary/aromatic N) is 1. The summed E-state index contributed by atoms with van der Waals surface area (Å²) in [6.07, 6.45) is 2.28. The van der Waals surface area contributed by atoms with Gasteiger partial charge in [-0.25, -0.2) is 0 Å². The van der Waals surface area contributed by atoms with Crippen molar-refractivity contribution in [2.45, 2.75) is 45.7 Å². The lowest BCUT2D eigenvalue weighted by Gasteiger charge is -2.28. The van der Waals surface area contributed by atoms with Crippen LogP contribution in [0, 0.1) is 5.92 Å². The fourth-order valence-electron chi connectivity index (χ4n) is 2.92. The molecule has 0 radical (unpaired) electrons. The van der Waals surface area contributed by atoms with E-state index >= 15 is 0 Å². The van der Waals surface area contributed by atoms with Crippen molar-refractivity contribution in [1.82, 2.24) is 0 Å². The van der Waals surface area contributed by atoms with Gasteiger partial charge in [0.1, 0.15) is 0 Å². The van der Waals surface area contributed by atoms with Gasteiger partial charge in [0.05, 0.1) is 0 Å². The van der Waals surface area contributed by atoms with E-state index in [1.807, 2.05) is 0 Å². The molecule has 17 heavy (non-hydrogen) atoms. The maximum atomic E-state index is 6.22. The highest BCUT2D eigenvalue weighted by Gasteiger charge is 2.28. The van der Waals surface area contributed by atoms with Crippen LogP contribution in [-0.2, 0) is 0 Å². The molecule has 1 aromatic rings. The molecule has 0 aromatic heterocycles. The first-order valence-electron chi connectivity index (χ1n) is 6.74. The van der Waals surface area contributed by atoms with Crippen LogP contribution in [0.1, 0.15) is 45.2 Å². The van der Waals surface area contributed by atoms with Gasteiger partial charge >= 0.3 is 0 Å². The molecule has 1 aliphatic heterocycles. The van der Waals surface area contributed by atoms with Crippen LogP contribution in [0.15, 0.2) is 24.3 Å². The Bertz CT molecular complexity index is 375. The van der Waals surface area contributed by atoms with E-state index in [0.717, 1.165) is 18.9 Å². The number of benzene rings is 1. The van der Waals surface area contributed by atoms with Crippen molar-refractivity contribution in [2.24, 2.45) is 11.7 Å². The monoisotopic (exact) mass is 232 g/mol. The predicted molar refractivity (Wildman–Crippen MR) is 74.3 cm³/mol.